The molecule has 3 fully saturated rings. The molecule has 0 saturated heterocycles. The molecule has 0 aromatic rings. The van der Waals surface area contributed by atoms with Gasteiger partial charge in [0.1, 0.15) is 5.57 Å². The largest absolute Gasteiger partial charge is 0.134 e. The Labute approximate surface area is 121 Å². The minimum Gasteiger partial charge on any atom is -0.118 e. The van der Waals surface area contributed by atoms with Gasteiger partial charge in [-0.15, -0.1) is 21.8 Å². The summed E-state index contributed by atoms with van der Waals surface area (Å²) in [5.41, 5.74) is 2.67. The third-order valence-electron chi connectivity index (χ3n) is 5.94. The summed E-state index contributed by atoms with van der Waals surface area (Å²) in [6, 6.07) is 0. The number of hydrogen-bond donors (Lipinski definition) is 0. The van der Waals surface area contributed by atoms with Crippen molar-refractivity contribution in [3.8, 4) is 0 Å². The fourth-order valence-electron chi connectivity index (χ4n) is 5.10. The van der Waals surface area contributed by atoms with Crippen LogP contribution in [0.3, 0.4) is 0 Å². The van der Waals surface area contributed by atoms with Crippen LogP contribution in [0.4, 0.5) is 0 Å². The van der Waals surface area contributed by atoms with E-state index in [1.807, 2.05) is 0 Å². The van der Waals surface area contributed by atoms with Crippen LogP contribution in [0.2, 0.25) is 16.6 Å². The van der Waals surface area contributed by atoms with Crippen molar-refractivity contribution in [3.05, 3.63) is 0 Å². The molecule has 0 nitrogen and oxygen atoms in total. The van der Waals surface area contributed by atoms with Crippen molar-refractivity contribution >= 4 is 27.4 Å². The van der Waals surface area contributed by atoms with E-state index in [0.717, 1.165) is 0 Å². The second-order valence-electron chi connectivity index (χ2n) is 6.77. The van der Waals surface area contributed by atoms with Crippen LogP contribution in [0.1, 0.15) is 77.0 Å². The normalized spacial score (nSPS) is 29.5. The predicted octanol–water partition coefficient (Wildman–Crippen LogP) is 6.20. The smallest absolute Gasteiger partial charge is 0.118 e. The Morgan fingerprint density at radius 3 is 1.00 bits per heavy atom. The van der Waals surface area contributed by atoms with Gasteiger partial charge in [0.05, 0.1) is 0 Å². The first kappa shape index (κ1) is 13.0. The van der Waals surface area contributed by atoms with E-state index in [9.17, 15) is 0 Å². The second kappa shape index (κ2) is 5.52. The highest BCUT2D eigenvalue weighted by Crippen LogP contribution is 2.61. The van der Waals surface area contributed by atoms with Crippen LogP contribution in [0.5, 0.6) is 0 Å². The zero-order chi connectivity index (χ0) is 11.7. The fourth-order valence-corrected chi connectivity index (χ4v) is 16.6. The summed E-state index contributed by atoms with van der Waals surface area (Å²) in [7, 11) is 0. The highest BCUT2D eigenvalue weighted by molar-refractivity contribution is 14.1. The molecule has 0 atom stereocenters. The molecule has 0 aliphatic heterocycles. The molecule has 3 rings (SSSR count). The first-order valence-corrected chi connectivity index (χ1v) is 13.4. The molecule has 0 aromatic carbocycles. The van der Waals surface area contributed by atoms with Crippen molar-refractivity contribution in [3.63, 3.8) is 0 Å². The molecule has 0 amide bonds. The van der Waals surface area contributed by atoms with Crippen LogP contribution in [0.15, 0.2) is 0 Å². The van der Waals surface area contributed by atoms with Gasteiger partial charge in [0.2, 0.25) is 0 Å². The van der Waals surface area contributed by atoms with Gasteiger partial charge in [-0.2, -0.15) is 0 Å². The third kappa shape index (κ3) is 2.37. The van der Waals surface area contributed by atoms with Gasteiger partial charge < -0.3 is 0 Å². The van der Waals surface area contributed by atoms with Crippen molar-refractivity contribution in [2.24, 2.45) is 0 Å². The van der Waals surface area contributed by atoms with E-state index in [1.54, 1.807) is 77.0 Å². The zero-order valence-corrected chi connectivity index (χ0v) is 14.3. The highest BCUT2D eigenvalue weighted by atomic mass is 127. The minimum atomic E-state index is -0.980. The number of hydrogen-bond acceptors (Lipinski definition) is 0. The molecule has 0 N–H and O–H groups in total. The molecule has 0 radical (unpaired) electrons. The summed E-state index contributed by atoms with van der Waals surface area (Å²) in [5, 5.41) is 0. The van der Waals surface area contributed by atoms with E-state index >= 15 is 0 Å². The number of halogens is 1. The molecule has 3 aliphatic rings. The van der Waals surface area contributed by atoms with E-state index in [1.165, 1.54) is 16.6 Å². The van der Waals surface area contributed by atoms with Gasteiger partial charge in [0, 0.05) is 0 Å². The van der Waals surface area contributed by atoms with Gasteiger partial charge in [0.25, 0.3) is 0 Å². The fraction of sp³-hybridized carbons (Fsp3) is 1.00. The molecule has 3 saturated carbocycles. The van der Waals surface area contributed by atoms with Crippen molar-refractivity contribution in [1.29, 1.82) is 0 Å². The average molecular weight is 362 g/mol. The Morgan fingerprint density at radius 1 is 0.529 bits per heavy atom. The average Bonchev–Trinajstić information content (AvgIpc) is 3.10. The summed E-state index contributed by atoms with van der Waals surface area (Å²) in [4.78, 5) is 0. The summed E-state index contributed by atoms with van der Waals surface area (Å²) in [6.45, 7) is 0. The Balaban J connectivity index is 1.81. The van der Waals surface area contributed by atoms with Gasteiger partial charge in [-0.1, -0.05) is 77.0 Å². The molecule has 98 valence electrons. The molecule has 3 aliphatic carbocycles. The lowest BCUT2D eigenvalue weighted by molar-refractivity contribution is 0.705. The number of rotatable bonds is 3. The lowest BCUT2D eigenvalue weighted by Gasteiger charge is -2.42. The standard InChI is InChI=1S/C15H27ISi/c16-17(13-7-1-2-8-13,14-9-3-4-10-14)15-11-5-6-12-15/h13-15H,1-12H2. The topological polar surface area (TPSA) is 0 Å². The van der Waals surface area contributed by atoms with Gasteiger partial charge >= 0.3 is 0 Å². The maximum absolute atomic E-state index is 3.12. The van der Waals surface area contributed by atoms with E-state index < -0.39 is 5.57 Å². The highest BCUT2D eigenvalue weighted by Gasteiger charge is 2.52. The first-order valence-electron chi connectivity index (χ1n) is 8.00. The van der Waals surface area contributed by atoms with Crippen LogP contribution >= 0.6 is 21.8 Å². The van der Waals surface area contributed by atoms with Crippen molar-refractivity contribution < 1.29 is 0 Å². The van der Waals surface area contributed by atoms with Crippen molar-refractivity contribution in [1.82, 2.24) is 0 Å². The monoisotopic (exact) mass is 362 g/mol. The minimum absolute atomic E-state index is 0.980. The summed E-state index contributed by atoms with van der Waals surface area (Å²) < 4.78 is 0. The van der Waals surface area contributed by atoms with E-state index in [0.29, 0.717) is 0 Å². The Kier molecular flexibility index (Phi) is 4.20. The molecule has 0 spiro atoms. The molecule has 0 bridgehead atoms. The SMILES string of the molecule is I[Si](C1CCCC1)(C1CCCC1)C1CCCC1. The van der Waals surface area contributed by atoms with Crippen molar-refractivity contribution in [2.75, 3.05) is 0 Å². The second-order valence-corrected chi connectivity index (χ2v) is 16.5. The van der Waals surface area contributed by atoms with E-state index in [4.69, 9.17) is 0 Å². The quantitative estimate of drug-likeness (QED) is 0.319. The Bertz CT molecular complexity index is 207. The van der Waals surface area contributed by atoms with Gasteiger partial charge in [-0.05, 0) is 16.6 Å². The van der Waals surface area contributed by atoms with Crippen LogP contribution in [0, 0.1) is 0 Å². The Hall–Kier alpha value is 0.947. The molecular formula is C15H27ISi. The molecule has 0 unspecified atom stereocenters. The lowest BCUT2D eigenvalue weighted by Crippen LogP contribution is -2.41. The zero-order valence-electron chi connectivity index (χ0n) is 11.1. The van der Waals surface area contributed by atoms with Crippen LogP contribution in [-0.4, -0.2) is 5.57 Å². The van der Waals surface area contributed by atoms with E-state index in [2.05, 4.69) is 21.8 Å². The molecule has 0 aromatic heterocycles. The maximum Gasteiger partial charge on any atom is 0.134 e. The lowest BCUT2D eigenvalue weighted by atomic mass is 10.3. The van der Waals surface area contributed by atoms with Gasteiger partial charge in [-0.3, -0.25) is 0 Å². The van der Waals surface area contributed by atoms with Crippen LogP contribution in [0.25, 0.3) is 0 Å². The van der Waals surface area contributed by atoms with E-state index in [-0.39, 0.29) is 0 Å². The third-order valence-corrected chi connectivity index (χ3v) is 19.4. The van der Waals surface area contributed by atoms with Crippen molar-refractivity contribution in [2.45, 2.75) is 93.7 Å². The van der Waals surface area contributed by atoms with Crippen LogP contribution < -0.4 is 0 Å². The first-order chi connectivity index (χ1) is 8.32. The predicted molar refractivity (Wildman–Crippen MR) is 86.4 cm³/mol. The molecular weight excluding hydrogens is 335 g/mol. The molecule has 0 heterocycles. The molecule has 2 heteroatoms. The maximum atomic E-state index is 3.12. The van der Waals surface area contributed by atoms with Gasteiger partial charge in [-0.25, -0.2) is 0 Å². The van der Waals surface area contributed by atoms with Gasteiger partial charge in [0.15, 0.2) is 0 Å². The summed E-state index contributed by atoms with van der Waals surface area (Å²) >= 11 is 3.12. The molecule has 17 heavy (non-hydrogen) atoms. The van der Waals surface area contributed by atoms with Crippen LogP contribution in [-0.2, 0) is 0 Å². The summed E-state index contributed by atoms with van der Waals surface area (Å²) in [6.07, 6.45) is 19.0. The summed E-state index contributed by atoms with van der Waals surface area (Å²) in [5.74, 6) is 0. The Morgan fingerprint density at radius 2 is 0.765 bits per heavy atom.